The van der Waals surface area contributed by atoms with Gasteiger partial charge in [-0.25, -0.2) is 9.69 Å². The molecule has 4 amide bonds. The van der Waals surface area contributed by atoms with E-state index in [-0.39, 0.29) is 23.6 Å². The second-order valence-corrected chi connectivity index (χ2v) is 7.09. The first kappa shape index (κ1) is 18.4. The van der Waals surface area contributed by atoms with E-state index in [2.05, 4.69) is 5.32 Å². The predicted octanol–water partition coefficient (Wildman–Crippen LogP) is 2.67. The molecule has 4 rings (SSSR count). The van der Waals surface area contributed by atoms with Crippen molar-refractivity contribution in [2.24, 2.45) is 0 Å². The van der Waals surface area contributed by atoms with Gasteiger partial charge in [-0.1, -0.05) is 11.6 Å². The summed E-state index contributed by atoms with van der Waals surface area (Å²) in [4.78, 5) is 40.7. The second kappa shape index (κ2) is 7.20. The number of nitrogens with zero attached hydrogens (tertiary/aromatic N) is 2. The van der Waals surface area contributed by atoms with Gasteiger partial charge in [0.15, 0.2) is 5.76 Å². The Morgan fingerprint density at radius 3 is 2.86 bits per heavy atom. The largest absolute Gasteiger partial charge is 0.495 e. The van der Waals surface area contributed by atoms with E-state index in [1.165, 1.54) is 24.3 Å². The van der Waals surface area contributed by atoms with Crippen LogP contribution in [-0.4, -0.2) is 48.5 Å². The van der Waals surface area contributed by atoms with Gasteiger partial charge in [-0.3, -0.25) is 9.59 Å². The number of urea groups is 1. The highest BCUT2D eigenvalue weighted by Crippen LogP contribution is 2.37. The zero-order valence-electron chi connectivity index (χ0n) is 15.1. The van der Waals surface area contributed by atoms with Crippen molar-refractivity contribution in [3.63, 3.8) is 0 Å². The number of ether oxygens (including phenoxy) is 1. The first-order chi connectivity index (χ1) is 13.5. The Morgan fingerprint density at radius 1 is 1.32 bits per heavy atom. The number of hydrogen-bond acceptors (Lipinski definition) is 5. The minimum Gasteiger partial charge on any atom is -0.495 e. The maximum Gasteiger partial charge on any atom is 0.332 e. The Labute approximate surface area is 166 Å². The lowest BCUT2D eigenvalue weighted by Gasteiger charge is -2.32. The third-order valence-electron chi connectivity index (χ3n) is 5.01. The molecule has 1 aromatic carbocycles. The molecule has 28 heavy (non-hydrogen) atoms. The average molecular weight is 404 g/mol. The van der Waals surface area contributed by atoms with Gasteiger partial charge in [0.05, 0.1) is 19.1 Å². The van der Waals surface area contributed by atoms with Crippen LogP contribution in [0.3, 0.4) is 0 Å². The molecular weight excluding hydrogens is 386 g/mol. The number of rotatable bonds is 4. The SMILES string of the molecule is COc1ccc(Cl)cc1N1C(=O)C2CC(NC(=O)c3ccco3)CCN2C1=O. The normalized spacial score (nSPS) is 21.6. The fourth-order valence-corrected chi connectivity index (χ4v) is 3.82. The monoisotopic (exact) mass is 403 g/mol. The van der Waals surface area contributed by atoms with Gasteiger partial charge in [0.1, 0.15) is 11.8 Å². The Balaban J connectivity index is 1.54. The summed E-state index contributed by atoms with van der Waals surface area (Å²) in [6, 6.07) is 6.68. The van der Waals surface area contributed by atoms with Gasteiger partial charge in [-0.05, 0) is 43.2 Å². The minimum absolute atomic E-state index is 0.210. The van der Waals surface area contributed by atoms with Crippen LogP contribution in [0, 0.1) is 0 Å². The molecule has 8 nitrogen and oxygen atoms in total. The average Bonchev–Trinajstić information content (AvgIpc) is 3.30. The summed E-state index contributed by atoms with van der Waals surface area (Å²) in [5.41, 5.74) is 0.315. The standard InChI is InChI=1S/C19H18ClN3O5/c1-27-15-5-4-11(20)9-13(15)23-18(25)14-10-12(6-7-22(14)19(23)26)21-17(24)16-3-2-8-28-16/h2-5,8-9,12,14H,6-7,10H2,1H3,(H,21,24). The molecule has 3 heterocycles. The number of piperidine rings is 1. The van der Waals surface area contributed by atoms with Crippen molar-refractivity contribution in [2.45, 2.75) is 24.9 Å². The molecule has 2 unspecified atom stereocenters. The summed E-state index contributed by atoms with van der Waals surface area (Å²) in [5, 5.41) is 3.26. The highest BCUT2D eigenvalue weighted by molar-refractivity contribution is 6.31. The first-order valence-corrected chi connectivity index (χ1v) is 9.20. The van der Waals surface area contributed by atoms with Gasteiger partial charge >= 0.3 is 6.03 Å². The van der Waals surface area contributed by atoms with Crippen LogP contribution >= 0.6 is 11.6 Å². The fourth-order valence-electron chi connectivity index (χ4n) is 3.66. The summed E-state index contributed by atoms with van der Waals surface area (Å²) in [7, 11) is 1.46. The van der Waals surface area contributed by atoms with Crippen molar-refractivity contribution in [3.05, 3.63) is 47.4 Å². The maximum absolute atomic E-state index is 13.0. The van der Waals surface area contributed by atoms with Gasteiger partial charge in [0, 0.05) is 17.6 Å². The van der Waals surface area contributed by atoms with E-state index in [0.29, 0.717) is 35.8 Å². The van der Waals surface area contributed by atoms with Crippen molar-refractivity contribution >= 4 is 35.1 Å². The van der Waals surface area contributed by atoms with Crippen LogP contribution in [0.4, 0.5) is 10.5 Å². The molecule has 2 aliphatic heterocycles. The van der Waals surface area contributed by atoms with Gasteiger partial charge in [0.2, 0.25) is 0 Å². The van der Waals surface area contributed by atoms with E-state index in [4.69, 9.17) is 20.8 Å². The molecule has 1 aromatic heterocycles. The lowest BCUT2D eigenvalue weighted by Crippen LogP contribution is -2.49. The number of furan rings is 1. The van der Waals surface area contributed by atoms with E-state index < -0.39 is 12.1 Å². The molecule has 0 radical (unpaired) electrons. The number of halogens is 1. The first-order valence-electron chi connectivity index (χ1n) is 8.82. The van der Waals surface area contributed by atoms with Crippen LogP contribution in [0.15, 0.2) is 41.0 Å². The van der Waals surface area contributed by atoms with Crippen LogP contribution in [0.2, 0.25) is 5.02 Å². The lowest BCUT2D eigenvalue weighted by atomic mass is 9.98. The number of hydrogen-bond donors (Lipinski definition) is 1. The number of fused-ring (bicyclic) bond motifs is 1. The van der Waals surface area contributed by atoms with Crippen molar-refractivity contribution in [1.82, 2.24) is 10.2 Å². The maximum atomic E-state index is 13.0. The minimum atomic E-state index is -0.646. The van der Waals surface area contributed by atoms with Gasteiger partial charge in [-0.15, -0.1) is 0 Å². The smallest absolute Gasteiger partial charge is 0.332 e. The molecule has 1 N–H and O–H groups in total. The second-order valence-electron chi connectivity index (χ2n) is 6.65. The van der Waals surface area contributed by atoms with Crippen molar-refractivity contribution in [1.29, 1.82) is 0 Å². The third-order valence-corrected chi connectivity index (χ3v) is 5.24. The quantitative estimate of drug-likeness (QED) is 0.792. The number of imide groups is 1. The van der Waals surface area contributed by atoms with Crippen LogP contribution in [0.5, 0.6) is 5.75 Å². The molecule has 9 heteroatoms. The summed E-state index contributed by atoms with van der Waals surface area (Å²) in [6.45, 7) is 0.359. The van der Waals surface area contributed by atoms with Crippen LogP contribution in [0.1, 0.15) is 23.4 Å². The Bertz CT molecular complexity index is 930. The zero-order chi connectivity index (χ0) is 19.8. The van der Waals surface area contributed by atoms with E-state index in [1.54, 1.807) is 24.3 Å². The number of anilines is 1. The molecule has 2 saturated heterocycles. The molecule has 2 atom stereocenters. The molecule has 0 spiro atoms. The number of amides is 4. The highest BCUT2D eigenvalue weighted by Gasteiger charge is 2.49. The Hall–Kier alpha value is -3.00. The summed E-state index contributed by atoms with van der Waals surface area (Å²) < 4.78 is 10.4. The summed E-state index contributed by atoms with van der Waals surface area (Å²) in [5.74, 6) is -0.105. The molecule has 0 aliphatic carbocycles. The Morgan fingerprint density at radius 2 is 2.14 bits per heavy atom. The van der Waals surface area contributed by atoms with Crippen LogP contribution in [0.25, 0.3) is 0 Å². The van der Waals surface area contributed by atoms with Crippen LogP contribution < -0.4 is 15.0 Å². The molecular formula is C19H18ClN3O5. The van der Waals surface area contributed by atoms with Gasteiger partial charge < -0.3 is 19.4 Å². The van der Waals surface area contributed by atoms with Gasteiger partial charge in [0.25, 0.3) is 11.8 Å². The molecule has 2 aliphatic rings. The number of carbonyl (C=O) groups excluding carboxylic acids is 3. The molecule has 146 valence electrons. The van der Waals surface area contributed by atoms with E-state index in [9.17, 15) is 14.4 Å². The van der Waals surface area contributed by atoms with Crippen molar-refractivity contribution < 1.29 is 23.5 Å². The van der Waals surface area contributed by atoms with E-state index in [1.807, 2.05) is 0 Å². The van der Waals surface area contributed by atoms with Crippen molar-refractivity contribution in [3.8, 4) is 5.75 Å². The third kappa shape index (κ3) is 3.09. The molecule has 0 saturated carbocycles. The Kier molecular flexibility index (Phi) is 4.72. The number of benzene rings is 1. The van der Waals surface area contributed by atoms with Gasteiger partial charge in [-0.2, -0.15) is 0 Å². The van der Waals surface area contributed by atoms with Crippen molar-refractivity contribution in [2.75, 3.05) is 18.6 Å². The predicted molar refractivity (Wildman–Crippen MR) is 101 cm³/mol. The summed E-state index contributed by atoms with van der Waals surface area (Å²) >= 11 is 6.06. The molecule has 0 bridgehead atoms. The van der Waals surface area contributed by atoms with E-state index in [0.717, 1.165) is 4.90 Å². The number of methoxy groups -OCH3 is 1. The van der Waals surface area contributed by atoms with E-state index >= 15 is 0 Å². The fraction of sp³-hybridized carbons (Fsp3) is 0.316. The summed E-state index contributed by atoms with van der Waals surface area (Å²) in [6.07, 6.45) is 2.30. The molecule has 2 fully saturated rings. The zero-order valence-corrected chi connectivity index (χ0v) is 15.8. The lowest BCUT2D eigenvalue weighted by molar-refractivity contribution is -0.120. The topological polar surface area (TPSA) is 92.1 Å². The molecule has 2 aromatic rings. The van der Waals surface area contributed by atoms with Crippen LogP contribution in [-0.2, 0) is 4.79 Å². The highest BCUT2D eigenvalue weighted by atomic mass is 35.5. The number of carbonyl (C=O) groups is 3. The number of nitrogens with one attached hydrogen (secondary N) is 1.